The first-order valence-corrected chi connectivity index (χ1v) is 7.77. The predicted molar refractivity (Wildman–Crippen MR) is 91.1 cm³/mol. The zero-order valence-electron chi connectivity index (χ0n) is 13.7. The van der Waals surface area contributed by atoms with Crippen LogP contribution in [0.5, 0.6) is 0 Å². The van der Waals surface area contributed by atoms with Gasteiger partial charge in [-0.1, -0.05) is 42.5 Å². The van der Waals surface area contributed by atoms with E-state index in [2.05, 4.69) is 5.32 Å². The summed E-state index contributed by atoms with van der Waals surface area (Å²) < 4.78 is 5.00. The van der Waals surface area contributed by atoms with E-state index >= 15 is 0 Å². The zero-order valence-corrected chi connectivity index (χ0v) is 13.7. The number of hydrogen-bond acceptors (Lipinski definition) is 5. The largest absolute Gasteiger partial charge is 0.464 e. The average molecular weight is 342 g/mol. The second-order valence-electron chi connectivity index (χ2n) is 5.24. The van der Waals surface area contributed by atoms with E-state index in [0.717, 1.165) is 5.56 Å². The highest BCUT2D eigenvalue weighted by molar-refractivity contribution is 6.00. The van der Waals surface area contributed by atoms with Gasteiger partial charge < -0.3 is 10.1 Å². The summed E-state index contributed by atoms with van der Waals surface area (Å²) in [4.78, 5) is 35.1. The van der Waals surface area contributed by atoms with Crippen molar-refractivity contribution in [1.82, 2.24) is 5.32 Å². The summed E-state index contributed by atoms with van der Waals surface area (Å²) in [6.07, 6.45) is 0.228. The number of esters is 1. The number of para-hydroxylation sites is 1. The molecule has 1 unspecified atom stereocenters. The molecule has 1 atom stereocenters. The van der Waals surface area contributed by atoms with Gasteiger partial charge in [0.15, 0.2) is 0 Å². The van der Waals surface area contributed by atoms with Crippen LogP contribution in [-0.2, 0) is 16.0 Å². The standard InChI is InChI=1S/C18H18N2O5/c1-2-25-18(22)15(12-13-8-4-3-5-9-13)19-17(21)14-10-6-7-11-16(14)20(23)24/h3-11,15H,2,12H2,1H3,(H,19,21). The molecule has 2 aromatic carbocycles. The lowest BCUT2D eigenvalue weighted by Crippen LogP contribution is -2.43. The van der Waals surface area contributed by atoms with Gasteiger partial charge in [-0.2, -0.15) is 0 Å². The second-order valence-corrected chi connectivity index (χ2v) is 5.24. The Balaban J connectivity index is 2.22. The minimum Gasteiger partial charge on any atom is -0.464 e. The molecule has 0 saturated carbocycles. The summed E-state index contributed by atoms with van der Waals surface area (Å²) in [5.74, 6) is -1.28. The van der Waals surface area contributed by atoms with Crippen LogP contribution in [0, 0.1) is 10.1 Å². The fraction of sp³-hybridized carbons (Fsp3) is 0.222. The molecule has 7 nitrogen and oxygen atoms in total. The molecule has 7 heteroatoms. The Morgan fingerprint density at radius 1 is 1.12 bits per heavy atom. The van der Waals surface area contributed by atoms with Crippen LogP contribution in [0.1, 0.15) is 22.8 Å². The van der Waals surface area contributed by atoms with E-state index in [1.807, 2.05) is 30.3 Å². The predicted octanol–water partition coefficient (Wildman–Crippen LogP) is 2.50. The highest BCUT2D eigenvalue weighted by Crippen LogP contribution is 2.18. The molecule has 0 aromatic heterocycles. The molecule has 2 rings (SSSR count). The molecule has 1 amide bonds. The summed E-state index contributed by atoms with van der Waals surface area (Å²) in [6.45, 7) is 1.84. The lowest BCUT2D eigenvalue weighted by molar-refractivity contribution is -0.385. The molecule has 0 radical (unpaired) electrons. The van der Waals surface area contributed by atoms with Crippen LogP contribution in [0.25, 0.3) is 0 Å². The van der Waals surface area contributed by atoms with E-state index in [-0.39, 0.29) is 24.3 Å². The van der Waals surface area contributed by atoms with Gasteiger partial charge in [-0.15, -0.1) is 0 Å². The molecule has 0 saturated heterocycles. The molecule has 0 fully saturated rings. The third kappa shape index (κ3) is 4.87. The summed E-state index contributed by atoms with van der Waals surface area (Å²) >= 11 is 0. The van der Waals surface area contributed by atoms with Gasteiger partial charge in [0.2, 0.25) is 0 Å². The number of benzene rings is 2. The lowest BCUT2D eigenvalue weighted by atomic mass is 10.1. The number of carbonyl (C=O) groups is 2. The maximum Gasteiger partial charge on any atom is 0.328 e. The van der Waals surface area contributed by atoms with Crippen LogP contribution in [0.2, 0.25) is 0 Å². The molecule has 1 N–H and O–H groups in total. The van der Waals surface area contributed by atoms with Crippen molar-refractivity contribution in [1.29, 1.82) is 0 Å². The van der Waals surface area contributed by atoms with Gasteiger partial charge in [-0.05, 0) is 18.6 Å². The molecule has 0 heterocycles. The molecule has 0 aliphatic rings. The van der Waals surface area contributed by atoms with Crippen LogP contribution in [-0.4, -0.2) is 29.4 Å². The van der Waals surface area contributed by atoms with E-state index in [1.165, 1.54) is 24.3 Å². The van der Waals surface area contributed by atoms with Gasteiger partial charge >= 0.3 is 5.97 Å². The molecular formula is C18H18N2O5. The quantitative estimate of drug-likeness (QED) is 0.473. The lowest BCUT2D eigenvalue weighted by Gasteiger charge is -2.17. The molecule has 0 spiro atoms. The molecule has 0 aliphatic carbocycles. The number of nitro benzene ring substituents is 1. The SMILES string of the molecule is CCOC(=O)C(Cc1ccccc1)NC(=O)c1ccccc1[N+](=O)[O-]. The number of nitrogens with zero attached hydrogens (tertiary/aromatic N) is 1. The monoisotopic (exact) mass is 342 g/mol. The van der Waals surface area contributed by atoms with E-state index in [1.54, 1.807) is 6.92 Å². The molecule has 0 bridgehead atoms. The smallest absolute Gasteiger partial charge is 0.328 e. The Bertz CT molecular complexity index is 761. The Hall–Kier alpha value is -3.22. The first kappa shape index (κ1) is 18.1. The third-order valence-electron chi connectivity index (χ3n) is 3.50. The van der Waals surface area contributed by atoms with Crippen LogP contribution >= 0.6 is 0 Å². The van der Waals surface area contributed by atoms with Crippen molar-refractivity contribution in [3.05, 3.63) is 75.8 Å². The first-order chi connectivity index (χ1) is 12.0. The highest BCUT2D eigenvalue weighted by atomic mass is 16.6. The minimum atomic E-state index is -0.935. The van der Waals surface area contributed by atoms with Crippen LogP contribution in [0.3, 0.4) is 0 Å². The zero-order chi connectivity index (χ0) is 18.2. The number of nitrogens with one attached hydrogen (secondary N) is 1. The van der Waals surface area contributed by atoms with Crippen molar-refractivity contribution in [2.45, 2.75) is 19.4 Å². The van der Waals surface area contributed by atoms with Crippen molar-refractivity contribution in [3.8, 4) is 0 Å². The van der Waals surface area contributed by atoms with Gasteiger partial charge in [0.1, 0.15) is 11.6 Å². The van der Waals surface area contributed by atoms with Crippen molar-refractivity contribution in [3.63, 3.8) is 0 Å². The number of nitro groups is 1. The Kier molecular flexibility index (Phi) is 6.22. The maximum absolute atomic E-state index is 12.5. The molecule has 2 aromatic rings. The molecule has 130 valence electrons. The number of ether oxygens (including phenoxy) is 1. The molecule has 0 aliphatic heterocycles. The van der Waals surface area contributed by atoms with Gasteiger partial charge in [0.05, 0.1) is 11.5 Å². The van der Waals surface area contributed by atoms with Gasteiger partial charge in [-0.25, -0.2) is 4.79 Å². The number of amides is 1. The third-order valence-corrected chi connectivity index (χ3v) is 3.50. The van der Waals surface area contributed by atoms with Crippen LogP contribution < -0.4 is 5.32 Å². The summed E-state index contributed by atoms with van der Waals surface area (Å²) in [7, 11) is 0. The van der Waals surface area contributed by atoms with Crippen molar-refractivity contribution in [2.75, 3.05) is 6.61 Å². The highest BCUT2D eigenvalue weighted by Gasteiger charge is 2.26. The fourth-order valence-electron chi connectivity index (χ4n) is 2.35. The summed E-state index contributed by atoms with van der Waals surface area (Å²) in [5, 5.41) is 13.6. The van der Waals surface area contributed by atoms with E-state index in [4.69, 9.17) is 4.74 Å². The van der Waals surface area contributed by atoms with Gasteiger partial charge in [-0.3, -0.25) is 14.9 Å². The number of rotatable bonds is 7. The first-order valence-electron chi connectivity index (χ1n) is 7.77. The van der Waals surface area contributed by atoms with Crippen molar-refractivity contribution >= 4 is 17.6 Å². The van der Waals surface area contributed by atoms with Gasteiger partial charge in [0, 0.05) is 12.5 Å². The fourth-order valence-corrected chi connectivity index (χ4v) is 2.35. The minimum absolute atomic E-state index is 0.102. The Morgan fingerprint density at radius 3 is 2.40 bits per heavy atom. The van der Waals surface area contributed by atoms with Crippen molar-refractivity contribution in [2.24, 2.45) is 0 Å². The second kappa shape index (κ2) is 8.58. The molecular weight excluding hydrogens is 324 g/mol. The Labute approximate surface area is 144 Å². The average Bonchev–Trinajstić information content (AvgIpc) is 2.62. The van der Waals surface area contributed by atoms with Crippen LogP contribution in [0.4, 0.5) is 5.69 Å². The molecule has 25 heavy (non-hydrogen) atoms. The number of carbonyl (C=O) groups excluding carboxylic acids is 2. The van der Waals surface area contributed by atoms with E-state index in [0.29, 0.717) is 0 Å². The normalized spacial score (nSPS) is 11.4. The van der Waals surface area contributed by atoms with Crippen molar-refractivity contribution < 1.29 is 19.2 Å². The van der Waals surface area contributed by atoms with Crippen LogP contribution in [0.15, 0.2) is 54.6 Å². The topological polar surface area (TPSA) is 98.5 Å². The van der Waals surface area contributed by atoms with E-state index in [9.17, 15) is 19.7 Å². The van der Waals surface area contributed by atoms with E-state index < -0.39 is 22.8 Å². The Morgan fingerprint density at radius 2 is 1.76 bits per heavy atom. The summed E-state index contributed by atoms with van der Waals surface area (Å²) in [5.41, 5.74) is 0.417. The summed E-state index contributed by atoms with van der Waals surface area (Å²) in [6, 6.07) is 13.8. The number of hydrogen-bond donors (Lipinski definition) is 1. The maximum atomic E-state index is 12.5. The van der Waals surface area contributed by atoms with Gasteiger partial charge in [0.25, 0.3) is 11.6 Å².